The number of amides is 2. The maximum atomic E-state index is 12.4. The van der Waals surface area contributed by atoms with Crippen molar-refractivity contribution < 1.29 is 18.8 Å². The molecule has 1 aliphatic rings. The Bertz CT molecular complexity index is 705. The highest BCUT2D eigenvalue weighted by Crippen LogP contribution is 2.28. The molecule has 1 aromatic heterocycles. The third-order valence-electron chi connectivity index (χ3n) is 3.45. The predicted octanol–water partition coefficient (Wildman–Crippen LogP) is 1.20. The van der Waals surface area contributed by atoms with E-state index < -0.39 is 12.1 Å². The minimum Gasteiger partial charge on any atom is -0.364 e. The lowest BCUT2D eigenvalue weighted by Gasteiger charge is -2.32. The number of hydrogen-bond donors (Lipinski definition) is 2. The van der Waals surface area contributed by atoms with Crippen LogP contribution < -0.4 is 10.6 Å². The van der Waals surface area contributed by atoms with Gasteiger partial charge in [0.05, 0.1) is 12.6 Å². The predicted molar refractivity (Wildman–Crippen MR) is 80.4 cm³/mol. The summed E-state index contributed by atoms with van der Waals surface area (Å²) in [5, 5.41) is 9.63. The van der Waals surface area contributed by atoms with Crippen molar-refractivity contribution in [2.24, 2.45) is 0 Å². The minimum atomic E-state index is -0.875. The van der Waals surface area contributed by atoms with Crippen LogP contribution in [0.25, 0.3) is 0 Å². The molecule has 1 fully saturated rings. The van der Waals surface area contributed by atoms with E-state index in [9.17, 15) is 9.59 Å². The number of ether oxygens (including phenoxy) is 1. The van der Waals surface area contributed by atoms with Crippen LogP contribution in [0.1, 0.15) is 17.3 Å². The van der Waals surface area contributed by atoms with E-state index in [1.165, 1.54) is 6.26 Å². The fourth-order valence-corrected chi connectivity index (χ4v) is 2.61. The summed E-state index contributed by atoms with van der Waals surface area (Å²) in [6.07, 6.45) is 0.547. The molecule has 8 heteroatoms. The van der Waals surface area contributed by atoms with Gasteiger partial charge in [-0.25, -0.2) is 0 Å². The second kappa shape index (κ2) is 6.80. The molecule has 0 radical (unpaired) electrons. The average molecular weight is 336 g/mol. The van der Waals surface area contributed by atoms with Crippen molar-refractivity contribution in [1.29, 1.82) is 0 Å². The number of halogens is 1. The molecule has 120 valence electrons. The van der Waals surface area contributed by atoms with Gasteiger partial charge < -0.3 is 19.9 Å². The van der Waals surface area contributed by atoms with E-state index in [2.05, 4.69) is 15.8 Å². The van der Waals surface area contributed by atoms with E-state index in [4.69, 9.17) is 20.9 Å². The Hall–Kier alpha value is -2.38. The number of nitrogens with one attached hydrogen (secondary N) is 2. The van der Waals surface area contributed by atoms with Gasteiger partial charge in [-0.2, -0.15) is 0 Å². The van der Waals surface area contributed by atoms with Gasteiger partial charge >= 0.3 is 0 Å². The second-order valence-electron chi connectivity index (χ2n) is 5.01. The van der Waals surface area contributed by atoms with Gasteiger partial charge in [-0.3, -0.25) is 9.59 Å². The average Bonchev–Trinajstić information content (AvgIpc) is 3.06. The molecule has 2 amide bonds. The number of nitrogens with zero attached hydrogens (tertiary/aromatic N) is 1. The van der Waals surface area contributed by atoms with Crippen LogP contribution >= 0.6 is 11.6 Å². The van der Waals surface area contributed by atoms with Crippen molar-refractivity contribution >= 4 is 23.4 Å². The van der Waals surface area contributed by atoms with Crippen LogP contribution in [0.15, 0.2) is 41.1 Å². The topological polar surface area (TPSA) is 93.5 Å². The van der Waals surface area contributed by atoms with Crippen LogP contribution in [0, 0.1) is 0 Å². The first-order valence-corrected chi connectivity index (χ1v) is 7.35. The molecule has 0 saturated carbocycles. The van der Waals surface area contributed by atoms with E-state index >= 15 is 0 Å². The SMILES string of the molecule is O=C1CO[C@H](C(=O)NCc2ccon2)[C@@H](c2ccccc2Cl)N1. The van der Waals surface area contributed by atoms with E-state index in [0.717, 1.165) is 0 Å². The lowest BCUT2D eigenvalue weighted by molar-refractivity contribution is -0.148. The zero-order chi connectivity index (χ0) is 16.2. The van der Waals surface area contributed by atoms with E-state index in [1.807, 2.05) is 0 Å². The fraction of sp³-hybridized carbons (Fsp3) is 0.267. The quantitative estimate of drug-likeness (QED) is 0.875. The molecular weight excluding hydrogens is 322 g/mol. The van der Waals surface area contributed by atoms with Crippen molar-refractivity contribution in [3.05, 3.63) is 52.9 Å². The summed E-state index contributed by atoms with van der Waals surface area (Å²) in [4.78, 5) is 24.0. The van der Waals surface area contributed by atoms with Crippen LogP contribution in [-0.4, -0.2) is 29.7 Å². The Balaban J connectivity index is 1.76. The van der Waals surface area contributed by atoms with Crippen molar-refractivity contribution in [3.63, 3.8) is 0 Å². The summed E-state index contributed by atoms with van der Waals surface area (Å²) in [5.74, 6) is -0.659. The summed E-state index contributed by atoms with van der Waals surface area (Å²) in [6.45, 7) is 0.0291. The van der Waals surface area contributed by atoms with Gasteiger partial charge in [0.2, 0.25) is 5.91 Å². The Morgan fingerprint density at radius 2 is 2.22 bits per heavy atom. The Morgan fingerprint density at radius 3 is 2.96 bits per heavy atom. The number of carbonyl (C=O) groups excluding carboxylic acids is 2. The molecule has 23 heavy (non-hydrogen) atoms. The highest BCUT2D eigenvalue weighted by atomic mass is 35.5. The number of carbonyl (C=O) groups is 2. The van der Waals surface area contributed by atoms with Crippen molar-refractivity contribution in [3.8, 4) is 0 Å². The standard InChI is InChI=1S/C15H14ClN3O4/c16-11-4-2-1-3-10(11)13-14(22-8-12(20)18-13)15(21)17-7-9-5-6-23-19-9/h1-6,13-14H,7-8H2,(H,17,21)(H,18,20)/t13-,14+/m1/s1. The smallest absolute Gasteiger partial charge is 0.251 e. The lowest BCUT2D eigenvalue weighted by Crippen LogP contribution is -2.52. The molecule has 2 N–H and O–H groups in total. The third kappa shape index (κ3) is 3.52. The Labute approximate surface area is 136 Å². The van der Waals surface area contributed by atoms with Crippen LogP contribution in [0.5, 0.6) is 0 Å². The zero-order valence-corrected chi connectivity index (χ0v) is 12.7. The van der Waals surface area contributed by atoms with Gasteiger partial charge in [-0.1, -0.05) is 35.0 Å². The van der Waals surface area contributed by atoms with Gasteiger partial charge in [0.15, 0.2) is 6.10 Å². The molecule has 0 unspecified atom stereocenters. The van der Waals surface area contributed by atoms with Gasteiger partial charge in [0, 0.05) is 11.1 Å². The van der Waals surface area contributed by atoms with Gasteiger partial charge in [-0.15, -0.1) is 0 Å². The highest BCUT2D eigenvalue weighted by molar-refractivity contribution is 6.31. The molecule has 1 aromatic carbocycles. The number of morpholine rings is 1. The fourth-order valence-electron chi connectivity index (χ4n) is 2.35. The third-order valence-corrected chi connectivity index (χ3v) is 3.79. The van der Waals surface area contributed by atoms with E-state index in [1.54, 1.807) is 30.3 Å². The van der Waals surface area contributed by atoms with E-state index in [0.29, 0.717) is 16.3 Å². The normalized spacial score (nSPS) is 20.8. The lowest BCUT2D eigenvalue weighted by atomic mass is 9.99. The monoisotopic (exact) mass is 335 g/mol. The number of hydrogen-bond acceptors (Lipinski definition) is 5. The molecule has 0 bridgehead atoms. The molecule has 3 rings (SSSR count). The summed E-state index contributed by atoms with van der Waals surface area (Å²) in [6, 6.07) is 8.00. The van der Waals surface area contributed by atoms with Gasteiger partial charge in [0.25, 0.3) is 5.91 Å². The molecule has 2 aromatic rings. The highest BCUT2D eigenvalue weighted by Gasteiger charge is 2.36. The molecule has 0 spiro atoms. The van der Waals surface area contributed by atoms with Crippen LogP contribution in [0.4, 0.5) is 0 Å². The van der Waals surface area contributed by atoms with Crippen molar-refractivity contribution in [2.45, 2.75) is 18.7 Å². The molecule has 2 atom stereocenters. The van der Waals surface area contributed by atoms with Crippen molar-refractivity contribution in [2.75, 3.05) is 6.61 Å². The van der Waals surface area contributed by atoms with E-state index in [-0.39, 0.29) is 25.0 Å². The number of benzene rings is 1. The number of rotatable bonds is 4. The minimum absolute atomic E-state index is 0.178. The first-order chi connectivity index (χ1) is 11.1. The van der Waals surface area contributed by atoms with Crippen LogP contribution in [-0.2, 0) is 20.9 Å². The van der Waals surface area contributed by atoms with Crippen LogP contribution in [0.3, 0.4) is 0 Å². The largest absolute Gasteiger partial charge is 0.364 e. The molecule has 0 aliphatic carbocycles. The molecule has 1 saturated heterocycles. The molecule has 7 nitrogen and oxygen atoms in total. The summed E-state index contributed by atoms with van der Waals surface area (Å²) >= 11 is 6.17. The van der Waals surface area contributed by atoms with Gasteiger partial charge in [-0.05, 0) is 11.6 Å². The summed E-state index contributed by atoms with van der Waals surface area (Å²) < 4.78 is 10.1. The molecular formula is C15H14ClN3O4. The zero-order valence-electron chi connectivity index (χ0n) is 12.0. The van der Waals surface area contributed by atoms with Gasteiger partial charge in [0.1, 0.15) is 18.6 Å². The first-order valence-electron chi connectivity index (χ1n) is 6.97. The first kappa shape index (κ1) is 15.5. The number of aromatic nitrogens is 1. The maximum absolute atomic E-state index is 12.4. The molecule has 1 aliphatic heterocycles. The molecule has 2 heterocycles. The summed E-state index contributed by atoms with van der Waals surface area (Å²) in [7, 11) is 0. The maximum Gasteiger partial charge on any atom is 0.251 e. The second-order valence-corrected chi connectivity index (χ2v) is 5.41. The van der Waals surface area contributed by atoms with Crippen molar-refractivity contribution in [1.82, 2.24) is 15.8 Å². The Morgan fingerprint density at radius 1 is 1.39 bits per heavy atom. The van der Waals surface area contributed by atoms with Crippen LogP contribution in [0.2, 0.25) is 5.02 Å². The summed E-state index contributed by atoms with van der Waals surface area (Å²) in [5.41, 5.74) is 1.22. The Kier molecular flexibility index (Phi) is 4.59.